The molecule has 20 heavy (non-hydrogen) atoms. The molecule has 0 spiro atoms. The molecule has 3 nitrogen and oxygen atoms in total. The molecular weight excluding hydrogens is 268 g/mol. The number of nitrogens with one attached hydrogen (secondary N) is 1. The fourth-order valence-electron chi connectivity index (χ4n) is 2.73. The van der Waals surface area contributed by atoms with Crippen molar-refractivity contribution in [1.82, 2.24) is 10.2 Å². The van der Waals surface area contributed by atoms with Gasteiger partial charge in [-0.25, -0.2) is 0 Å². The molecule has 0 radical (unpaired) electrons. The molecule has 1 heterocycles. The van der Waals surface area contributed by atoms with Gasteiger partial charge in [0.1, 0.15) is 0 Å². The maximum Gasteiger partial charge on any atom is 0.0363 e. The Morgan fingerprint density at radius 2 is 1.85 bits per heavy atom. The number of hydrogen-bond donors (Lipinski definition) is 1. The summed E-state index contributed by atoms with van der Waals surface area (Å²) in [5.41, 5.74) is 2.91. The van der Waals surface area contributed by atoms with E-state index in [0.29, 0.717) is 0 Å². The molecule has 0 atom stereocenters. The summed E-state index contributed by atoms with van der Waals surface area (Å²) in [5, 5.41) is 3.59. The second-order valence-electron chi connectivity index (χ2n) is 5.87. The molecule has 0 aromatic heterocycles. The first-order chi connectivity index (χ1) is 9.81. The molecule has 3 rings (SSSR count). The van der Waals surface area contributed by atoms with Gasteiger partial charge in [0.2, 0.25) is 0 Å². The summed E-state index contributed by atoms with van der Waals surface area (Å²) >= 11 is 0. The van der Waals surface area contributed by atoms with E-state index in [0.717, 1.165) is 50.1 Å². The van der Waals surface area contributed by atoms with Crippen LogP contribution in [0.4, 0.5) is 0 Å². The summed E-state index contributed by atoms with van der Waals surface area (Å²) in [6.45, 7) is 4.05. The van der Waals surface area contributed by atoms with Gasteiger partial charge < -0.3 is 5.32 Å². The van der Waals surface area contributed by atoms with Crippen molar-refractivity contribution >= 4 is 10.8 Å². The minimum atomic E-state index is -0.579. The van der Waals surface area contributed by atoms with Crippen LogP contribution in [0.5, 0.6) is 0 Å². The van der Waals surface area contributed by atoms with Crippen LogP contribution in [0.1, 0.15) is 24.0 Å². The average Bonchev–Trinajstić information content (AvgIpc) is 3.27. The maximum absolute atomic E-state index is 11.4. The normalized spacial score (nSPS) is 21.2. The Morgan fingerprint density at radius 1 is 1.15 bits per heavy atom. The smallest absolute Gasteiger partial charge is 0.0363 e. The first kappa shape index (κ1) is 14.2. The lowest BCUT2D eigenvalue weighted by atomic mass is 10.0. The molecule has 1 saturated carbocycles. The highest BCUT2D eigenvalue weighted by Crippen LogP contribution is 2.19. The number of hydrogen-bond acceptors (Lipinski definition) is 3. The number of nitrogens with zero attached hydrogens (tertiary/aromatic N) is 1. The van der Waals surface area contributed by atoms with Gasteiger partial charge in [0.05, 0.1) is 0 Å². The van der Waals surface area contributed by atoms with Gasteiger partial charge in [-0.1, -0.05) is 24.3 Å². The monoisotopic (exact) mass is 292 g/mol. The van der Waals surface area contributed by atoms with Gasteiger partial charge in [-0.2, -0.15) is 0 Å². The van der Waals surface area contributed by atoms with Crippen LogP contribution in [-0.4, -0.2) is 46.3 Å². The highest BCUT2D eigenvalue weighted by molar-refractivity contribution is 7.85. The second kappa shape index (κ2) is 6.83. The molecule has 1 saturated heterocycles. The molecule has 0 bridgehead atoms. The zero-order valence-electron chi connectivity index (χ0n) is 12.0. The van der Waals surface area contributed by atoms with Gasteiger partial charge in [-0.15, -0.1) is 0 Å². The second-order valence-corrected chi connectivity index (χ2v) is 7.57. The van der Waals surface area contributed by atoms with Gasteiger partial charge >= 0.3 is 0 Å². The number of rotatable bonds is 6. The van der Waals surface area contributed by atoms with Crippen molar-refractivity contribution < 1.29 is 4.21 Å². The quantitative estimate of drug-likeness (QED) is 0.863. The summed E-state index contributed by atoms with van der Waals surface area (Å²) in [6, 6.07) is 9.57. The Kier molecular flexibility index (Phi) is 4.86. The fraction of sp³-hybridized carbons (Fsp3) is 0.625. The number of benzene rings is 1. The minimum absolute atomic E-state index is 0.579. The minimum Gasteiger partial charge on any atom is -0.314 e. The van der Waals surface area contributed by atoms with E-state index >= 15 is 0 Å². The maximum atomic E-state index is 11.4. The van der Waals surface area contributed by atoms with Crippen LogP contribution in [0.3, 0.4) is 0 Å². The Labute approximate surface area is 124 Å². The van der Waals surface area contributed by atoms with Crippen LogP contribution in [0.25, 0.3) is 0 Å². The van der Waals surface area contributed by atoms with Gasteiger partial charge in [-0.05, 0) is 36.9 Å². The van der Waals surface area contributed by atoms with E-state index < -0.39 is 10.8 Å². The van der Waals surface area contributed by atoms with E-state index in [2.05, 4.69) is 34.5 Å². The lowest BCUT2D eigenvalue weighted by Crippen LogP contribution is -2.37. The largest absolute Gasteiger partial charge is 0.314 e. The highest BCUT2D eigenvalue weighted by atomic mass is 32.2. The SMILES string of the molecule is O=S1CCN(Cc2ccccc2CCNC2CC2)CC1. The summed E-state index contributed by atoms with van der Waals surface area (Å²) in [4.78, 5) is 2.44. The molecular formula is C16H24N2OS. The Morgan fingerprint density at radius 3 is 2.55 bits per heavy atom. The Balaban J connectivity index is 1.55. The van der Waals surface area contributed by atoms with Crippen molar-refractivity contribution in [3.8, 4) is 0 Å². The van der Waals surface area contributed by atoms with Gasteiger partial charge in [0.15, 0.2) is 0 Å². The lowest BCUT2D eigenvalue weighted by Gasteiger charge is -2.27. The molecule has 1 N–H and O–H groups in total. The lowest BCUT2D eigenvalue weighted by molar-refractivity contribution is 0.290. The molecule has 1 aromatic rings. The predicted octanol–water partition coefficient (Wildman–Crippen LogP) is 1.55. The van der Waals surface area contributed by atoms with E-state index in [1.807, 2.05) is 0 Å². The molecule has 1 aromatic carbocycles. The Hall–Kier alpha value is -0.710. The Bertz CT molecular complexity index is 463. The molecule has 110 valence electrons. The van der Waals surface area contributed by atoms with Crippen molar-refractivity contribution in [3.63, 3.8) is 0 Å². The zero-order chi connectivity index (χ0) is 13.8. The van der Waals surface area contributed by atoms with Crippen LogP contribution in [0.2, 0.25) is 0 Å². The molecule has 2 aliphatic rings. The molecule has 0 amide bonds. The van der Waals surface area contributed by atoms with Crippen molar-refractivity contribution in [1.29, 1.82) is 0 Å². The van der Waals surface area contributed by atoms with E-state index in [4.69, 9.17) is 0 Å². The van der Waals surface area contributed by atoms with Crippen LogP contribution >= 0.6 is 0 Å². The standard InChI is InChI=1S/C16H24N2OS/c19-20-11-9-18(10-12-20)13-15-4-2-1-3-14(15)7-8-17-16-5-6-16/h1-4,16-17H,5-13H2. The molecule has 0 unspecified atom stereocenters. The highest BCUT2D eigenvalue weighted by Gasteiger charge is 2.20. The van der Waals surface area contributed by atoms with Gasteiger partial charge in [-0.3, -0.25) is 9.11 Å². The van der Waals surface area contributed by atoms with E-state index in [9.17, 15) is 4.21 Å². The molecule has 1 aliphatic carbocycles. The molecule has 4 heteroatoms. The topological polar surface area (TPSA) is 32.3 Å². The van der Waals surface area contributed by atoms with E-state index in [-0.39, 0.29) is 0 Å². The van der Waals surface area contributed by atoms with Crippen LogP contribution in [0, 0.1) is 0 Å². The van der Waals surface area contributed by atoms with Crippen LogP contribution in [0.15, 0.2) is 24.3 Å². The van der Waals surface area contributed by atoms with E-state index in [1.54, 1.807) is 0 Å². The van der Waals surface area contributed by atoms with Gasteiger partial charge in [0, 0.05) is 48.0 Å². The summed E-state index contributed by atoms with van der Waals surface area (Å²) in [7, 11) is -0.579. The summed E-state index contributed by atoms with van der Waals surface area (Å²) < 4.78 is 11.4. The molecule has 2 fully saturated rings. The van der Waals surface area contributed by atoms with Crippen molar-refractivity contribution in [3.05, 3.63) is 35.4 Å². The van der Waals surface area contributed by atoms with Crippen molar-refractivity contribution in [2.75, 3.05) is 31.1 Å². The van der Waals surface area contributed by atoms with Crippen LogP contribution < -0.4 is 5.32 Å². The third-order valence-electron chi connectivity index (χ3n) is 4.19. The fourth-order valence-corrected chi connectivity index (χ4v) is 3.86. The van der Waals surface area contributed by atoms with E-state index in [1.165, 1.54) is 24.0 Å². The third-order valence-corrected chi connectivity index (χ3v) is 5.46. The van der Waals surface area contributed by atoms with Crippen molar-refractivity contribution in [2.24, 2.45) is 0 Å². The zero-order valence-corrected chi connectivity index (χ0v) is 12.8. The predicted molar refractivity (Wildman–Crippen MR) is 84.3 cm³/mol. The third kappa shape index (κ3) is 4.14. The average molecular weight is 292 g/mol. The molecule has 1 aliphatic heterocycles. The summed E-state index contributed by atoms with van der Waals surface area (Å²) in [6.07, 6.45) is 3.82. The first-order valence-electron chi connectivity index (χ1n) is 7.69. The van der Waals surface area contributed by atoms with Crippen molar-refractivity contribution in [2.45, 2.75) is 31.8 Å². The van der Waals surface area contributed by atoms with Crippen LogP contribution in [-0.2, 0) is 23.8 Å². The first-order valence-corrected chi connectivity index (χ1v) is 9.17. The summed E-state index contributed by atoms with van der Waals surface area (Å²) in [5.74, 6) is 1.68. The van der Waals surface area contributed by atoms with Gasteiger partial charge in [0.25, 0.3) is 0 Å².